The molecule has 6 nitrogen and oxygen atoms in total. The van der Waals surface area contributed by atoms with Crippen molar-refractivity contribution in [2.75, 3.05) is 38.1 Å². The lowest BCUT2D eigenvalue weighted by Crippen LogP contribution is -2.45. The highest BCUT2D eigenvalue weighted by Crippen LogP contribution is 2.35. The zero-order chi connectivity index (χ0) is 18.4. The minimum atomic E-state index is -4.74. The van der Waals surface area contributed by atoms with Crippen LogP contribution in [-0.4, -0.2) is 54.2 Å². The molecule has 0 bridgehead atoms. The molecule has 134 valence electrons. The van der Waals surface area contributed by atoms with Crippen molar-refractivity contribution < 1.29 is 23.1 Å². The Morgan fingerprint density at radius 1 is 1.24 bits per heavy atom. The Balaban J connectivity index is 2.18. The fourth-order valence-corrected chi connectivity index (χ4v) is 3.75. The molecule has 0 aliphatic carbocycles. The molecular formula is C15H14F3N3O3S. The highest BCUT2D eigenvalue weighted by Gasteiger charge is 2.33. The number of benzene rings is 1. The molecule has 0 saturated carbocycles. The summed E-state index contributed by atoms with van der Waals surface area (Å²) in [6, 6.07) is 1.23. The number of rotatable bonds is 2. The molecule has 1 aliphatic heterocycles. The lowest BCUT2D eigenvalue weighted by Gasteiger charge is -2.32. The fraction of sp³-hybridized carbons (Fsp3) is 0.400. The van der Waals surface area contributed by atoms with Crippen molar-refractivity contribution in [3.05, 3.63) is 33.6 Å². The van der Waals surface area contributed by atoms with Crippen molar-refractivity contribution >= 4 is 32.5 Å². The molecule has 1 fully saturated rings. The second-order valence-corrected chi connectivity index (χ2v) is 6.77. The van der Waals surface area contributed by atoms with E-state index in [1.165, 1.54) is 0 Å². The molecule has 1 N–H and O–H groups in total. The van der Waals surface area contributed by atoms with Crippen LogP contribution >= 0.6 is 11.3 Å². The monoisotopic (exact) mass is 373 g/mol. The summed E-state index contributed by atoms with van der Waals surface area (Å²) < 4.78 is 38.9. The van der Waals surface area contributed by atoms with E-state index in [1.54, 1.807) is 0 Å². The molecule has 2 heterocycles. The summed E-state index contributed by atoms with van der Waals surface area (Å²) in [6.07, 6.45) is -4.74. The zero-order valence-corrected chi connectivity index (χ0v) is 13.9. The van der Waals surface area contributed by atoms with Crippen LogP contribution in [0.3, 0.4) is 0 Å². The van der Waals surface area contributed by atoms with Gasteiger partial charge in [0.05, 0.1) is 21.2 Å². The number of hydrogen-bond donors (Lipinski definition) is 1. The second-order valence-electron chi connectivity index (χ2n) is 5.80. The summed E-state index contributed by atoms with van der Waals surface area (Å²) in [6.45, 7) is 2.71. The SMILES string of the molecule is CN1CCN(c2nc(=O)c3cc(C(F)(F)F)cc(C(=O)O)c3s2)CC1. The summed E-state index contributed by atoms with van der Waals surface area (Å²) in [5.41, 5.74) is -2.56. The number of aromatic nitrogens is 1. The number of fused-ring (bicyclic) bond motifs is 1. The number of carboxylic acid groups (broad SMARTS) is 1. The number of piperazine rings is 1. The van der Waals surface area contributed by atoms with Gasteiger partial charge in [-0.15, -0.1) is 0 Å². The van der Waals surface area contributed by atoms with Gasteiger partial charge in [0.15, 0.2) is 5.13 Å². The third-order valence-electron chi connectivity index (χ3n) is 4.04. The van der Waals surface area contributed by atoms with E-state index in [-0.39, 0.29) is 10.1 Å². The fourth-order valence-electron chi connectivity index (χ4n) is 2.61. The number of likely N-dealkylation sites (N-methyl/N-ethyl adjacent to an activating group) is 1. The molecule has 0 atom stereocenters. The van der Waals surface area contributed by atoms with E-state index in [0.29, 0.717) is 30.4 Å². The van der Waals surface area contributed by atoms with Crippen molar-refractivity contribution in [1.82, 2.24) is 9.88 Å². The molecule has 0 amide bonds. The lowest BCUT2D eigenvalue weighted by molar-refractivity contribution is -0.137. The van der Waals surface area contributed by atoms with Gasteiger partial charge in [0.2, 0.25) is 0 Å². The number of alkyl halides is 3. The number of nitrogens with zero attached hydrogens (tertiary/aromatic N) is 3. The van der Waals surface area contributed by atoms with Crippen molar-refractivity contribution in [2.24, 2.45) is 0 Å². The largest absolute Gasteiger partial charge is 0.478 e. The molecule has 3 rings (SSSR count). The number of carboxylic acids is 1. The number of carbonyl (C=O) groups is 1. The molecular weight excluding hydrogens is 359 g/mol. The van der Waals surface area contributed by atoms with Gasteiger partial charge in [-0.25, -0.2) is 4.79 Å². The Morgan fingerprint density at radius 3 is 2.44 bits per heavy atom. The highest BCUT2D eigenvalue weighted by molar-refractivity contribution is 7.22. The van der Waals surface area contributed by atoms with Gasteiger partial charge in [-0.1, -0.05) is 11.3 Å². The molecule has 1 saturated heterocycles. The summed E-state index contributed by atoms with van der Waals surface area (Å²) >= 11 is 0.931. The summed E-state index contributed by atoms with van der Waals surface area (Å²) in [7, 11) is 1.95. The van der Waals surface area contributed by atoms with Crippen molar-refractivity contribution in [3.63, 3.8) is 0 Å². The van der Waals surface area contributed by atoms with Crippen LogP contribution in [0.15, 0.2) is 16.9 Å². The number of aromatic carboxylic acids is 1. The molecule has 0 spiro atoms. The van der Waals surface area contributed by atoms with Gasteiger partial charge in [0.1, 0.15) is 0 Å². The van der Waals surface area contributed by atoms with Crippen LogP contribution in [0.4, 0.5) is 18.3 Å². The minimum Gasteiger partial charge on any atom is -0.478 e. The van der Waals surface area contributed by atoms with E-state index in [9.17, 15) is 27.9 Å². The first-order valence-corrected chi connectivity index (χ1v) is 8.21. The van der Waals surface area contributed by atoms with Gasteiger partial charge in [0.25, 0.3) is 5.56 Å². The quantitative estimate of drug-likeness (QED) is 0.869. The molecule has 25 heavy (non-hydrogen) atoms. The van der Waals surface area contributed by atoms with Crippen molar-refractivity contribution in [1.29, 1.82) is 0 Å². The molecule has 0 radical (unpaired) electrons. The van der Waals surface area contributed by atoms with Crippen molar-refractivity contribution in [3.8, 4) is 0 Å². The Bertz CT molecular complexity index is 889. The number of anilines is 1. The van der Waals surface area contributed by atoms with Crippen molar-refractivity contribution in [2.45, 2.75) is 6.18 Å². The average molecular weight is 373 g/mol. The predicted octanol–water partition coefficient (Wildman–Crippen LogP) is 2.13. The maximum absolute atomic E-state index is 13.0. The van der Waals surface area contributed by atoms with E-state index in [2.05, 4.69) is 9.88 Å². The third kappa shape index (κ3) is 3.45. The molecule has 1 aliphatic rings. The van der Waals surface area contributed by atoms with Crippen LogP contribution in [0.2, 0.25) is 0 Å². The first kappa shape index (κ1) is 17.6. The topological polar surface area (TPSA) is 73.7 Å². The third-order valence-corrected chi connectivity index (χ3v) is 5.22. The van der Waals surface area contributed by atoms with Gasteiger partial charge in [-0.05, 0) is 19.2 Å². The lowest BCUT2D eigenvalue weighted by atomic mass is 10.1. The standard InChI is InChI=1S/C15H14F3N3O3S/c1-20-2-4-21(5-3-20)14-19-12(22)9-6-8(15(16,17)18)7-10(13(23)24)11(9)25-14/h6-7H,2-5H2,1H3,(H,23,24). The molecule has 2 aromatic rings. The Hall–Kier alpha value is -2.20. The van der Waals surface area contributed by atoms with Crippen LogP contribution in [0, 0.1) is 0 Å². The minimum absolute atomic E-state index is 0.00873. The maximum atomic E-state index is 13.0. The molecule has 0 unspecified atom stereocenters. The van der Waals surface area contributed by atoms with E-state index >= 15 is 0 Å². The maximum Gasteiger partial charge on any atom is 0.416 e. The Kier molecular flexibility index (Phi) is 4.41. The number of halogens is 3. The van der Waals surface area contributed by atoms with Crippen LogP contribution in [0.25, 0.3) is 10.1 Å². The zero-order valence-electron chi connectivity index (χ0n) is 13.1. The summed E-state index contributed by atoms with van der Waals surface area (Å²) in [5.74, 6) is -1.51. The van der Waals surface area contributed by atoms with Gasteiger partial charge >= 0.3 is 12.1 Å². The summed E-state index contributed by atoms with van der Waals surface area (Å²) in [4.78, 5) is 31.5. The Morgan fingerprint density at radius 2 is 1.88 bits per heavy atom. The first-order valence-electron chi connectivity index (χ1n) is 7.39. The second kappa shape index (κ2) is 6.26. The molecule has 1 aromatic carbocycles. The van der Waals surface area contributed by atoms with Gasteiger partial charge in [-0.2, -0.15) is 18.2 Å². The van der Waals surface area contributed by atoms with Gasteiger partial charge < -0.3 is 14.9 Å². The van der Waals surface area contributed by atoms with Crippen LogP contribution in [0.1, 0.15) is 15.9 Å². The van der Waals surface area contributed by atoms with Gasteiger partial charge in [-0.3, -0.25) is 4.79 Å². The predicted molar refractivity (Wildman–Crippen MR) is 87.6 cm³/mol. The van der Waals surface area contributed by atoms with E-state index in [4.69, 9.17) is 0 Å². The summed E-state index contributed by atoms with van der Waals surface area (Å²) in [5, 5.41) is 9.30. The van der Waals surface area contributed by atoms with Crippen LogP contribution in [0.5, 0.6) is 0 Å². The van der Waals surface area contributed by atoms with E-state index in [1.807, 2.05) is 11.9 Å². The first-order chi connectivity index (χ1) is 11.7. The molecule has 10 heteroatoms. The normalized spacial score (nSPS) is 16.4. The Labute approximate surface area is 144 Å². The highest BCUT2D eigenvalue weighted by atomic mass is 32.1. The van der Waals surface area contributed by atoms with E-state index < -0.39 is 28.8 Å². The van der Waals surface area contributed by atoms with Gasteiger partial charge in [0, 0.05) is 26.2 Å². The number of hydrogen-bond acceptors (Lipinski definition) is 6. The smallest absolute Gasteiger partial charge is 0.416 e. The molecule has 1 aromatic heterocycles. The van der Waals surface area contributed by atoms with Crippen LogP contribution in [-0.2, 0) is 6.18 Å². The average Bonchev–Trinajstić information content (AvgIpc) is 2.53. The van der Waals surface area contributed by atoms with E-state index in [0.717, 1.165) is 24.4 Å². The van der Waals surface area contributed by atoms with Crippen LogP contribution < -0.4 is 10.5 Å².